The van der Waals surface area contributed by atoms with Crippen molar-refractivity contribution in [3.05, 3.63) is 48.0 Å². The second-order valence-electron chi connectivity index (χ2n) is 6.83. The van der Waals surface area contributed by atoms with Crippen molar-refractivity contribution in [2.45, 2.75) is 52.2 Å². The monoisotopic (exact) mass is 312 g/mol. The first-order valence-electron chi connectivity index (χ1n) is 8.70. The summed E-state index contributed by atoms with van der Waals surface area (Å²) in [5.74, 6) is 1.14. The van der Waals surface area contributed by atoms with Gasteiger partial charge < -0.3 is 14.8 Å². The molecule has 0 saturated carbocycles. The summed E-state index contributed by atoms with van der Waals surface area (Å²) in [7, 11) is 0. The minimum atomic E-state index is 0.470. The Balaban J connectivity index is 1.50. The number of rotatable bonds is 5. The maximum atomic E-state index is 4.48. The Morgan fingerprint density at radius 3 is 2.74 bits per heavy atom. The molecule has 0 amide bonds. The zero-order valence-electron chi connectivity index (χ0n) is 14.5. The SMILES string of the molecule is Cc1cccc(N2CCC(NCc3nccn3C(C)C)CC2)c1. The van der Waals surface area contributed by atoms with E-state index in [-0.39, 0.29) is 0 Å². The normalized spacial score (nSPS) is 16.3. The van der Waals surface area contributed by atoms with E-state index in [0.29, 0.717) is 12.1 Å². The molecule has 124 valence electrons. The molecule has 0 unspecified atom stereocenters. The number of nitrogens with one attached hydrogen (secondary N) is 1. The van der Waals surface area contributed by atoms with Crippen LogP contribution in [0.2, 0.25) is 0 Å². The van der Waals surface area contributed by atoms with Gasteiger partial charge in [0.1, 0.15) is 5.82 Å². The van der Waals surface area contributed by atoms with Gasteiger partial charge in [-0.3, -0.25) is 0 Å². The van der Waals surface area contributed by atoms with Gasteiger partial charge in [0.15, 0.2) is 0 Å². The van der Waals surface area contributed by atoms with Crippen LogP contribution in [0.5, 0.6) is 0 Å². The fourth-order valence-electron chi connectivity index (χ4n) is 3.35. The summed E-state index contributed by atoms with van der Waals surface area (Å²) >= 11 is 0. The van der Waals surface area contributed by atoms with Gasteiger partial charge >= 0.3 is 0 Å². The van der Waals surface area contributed by atoms with E-state index in [1.807, 2.05) is 6.20 Å². The third kappa shape index (κ3) is 3.94. The molecule has 1 aliphatic rings. The van der Waals surface area contributed by atoms with E-state index in [1.165, 1.54) is 24.1 Å². The first kappa shape index (κ1) is 16.1. The third-order valence-corrected chi connectivity index (χ3v) is 4.72. The van der Waals surface area contributed by atoms with Crippen LogP contribution in [0.25, 0.3) is 0 Å². The minimum Gasteiger partial charge on any atom is -0.371 e. The fourth-order valence-corrected chi connectivity index (χ4v) is 3.35. The van der Waals surface area contributed by atoms with Crippen LogP contribution in [0.3, 0.4) is 0 Å². The highest BCUT2D eigenvalue weighted by atomic mass is 15.2. The van der Waals surface area contributed by atoms with Crippen molar-refractivity contribution >= 4 is 5.69 Å². The lowest BCUT2D eigenvalue weighted by molar-refractivity contribution is 0.402. The van der Waals surface area contributed by atoms with E-state index < -0.39 is 0 Å². The molecule has 0 aliphatic carbocycles. The largest absolute Gasteiger partial charge is 0.371 e. The summed E-state index contributed by atoms with van der Waals surface area (Å²) in [6, 6.07) is 9.88. The lowest BCUT2D eigenvalue weighted by Gasteiger charge is -2.34. The Labute approximate surface area is 139 Å². The molecule has 1 saturated heterocycles. The Hall–Kier alpha value is -1.81. The van der Waals surface area contributed by atoms with Crippen LogP contribution in [-0.4, -0.2) is 28.7 Å². The average molecular weight is 312 g/mol. The number of imidazole rings is 1. The van der Waals surface area contributed by atoms with Crippen LogP contribution in [-0.2, 0) is 6.54 Å². The summed E-state index contributed by atoms with van der Waals surface area (Å²) < 4.78 is 2.24. The molecule has 1 aromatic carbocycles. The molecule has 1 fully saturated rings. The van der Waals surface area contributed by atoms with E-state index in [0.717, 1.165) is 25.5 Å². The topological polar surface area (TPSA) is 33.1 Å². The Morgan fingerprint density at radius 1 is 1.26 bits per heavy atom. The van der Waals surface area contributed by atoms with E-state index in [4.69, 9.17) is 0 Å². The minimum absolute atomic E-state index is 0.470. The third-order valence-electron chi connectivity index (χ3n) is 4.72. The van der Waals surface area contributed by atoms with Crippen LogP contribution in [0.15, 0.2) is 36.7 Å². The van der Waals surface area contributed by atoms with E-state index in [9.17, 15) is 0 Å². The number of aryl methyl sites for hydroxylation is 1. The summed E-state index contributed by atoms with van der Waals surface area (Å²) in [5, 5.41) is 3.69. The van der Waals surface area contributed by atoms with Gasteiger partial charge in [-0.1, -0.05) is 12.1 Å². The van der Waals surface area contributed by atoms with Crippen molar-refractivity contribution in [1.82, 2.24) is 14.9 Å². The molecular weight excluding hydrogens is 284 g/mol. The fraction of sp³-hybridized carbons (Fsp3) is 0.526. The lowest BCUT2D eigenvalue weighted by Crippen LogP contribution is -2.42. The van der Waals surface area contributed by atoms with E-state index in [1.54, 1.807) is 0 Å². The molecule has 1 aromatic heterocycles. The number of hydrogen-bond donors (Lipinski definition) is 1. The van der Waals surface area contributed by atoms with Crippen LogP contribution in [0, 0.1) is 6.92 Å². The zero-order chi connectivity index (χ0) is 16.2. The van der Waals surface area contributed by atoms with Gasteiger partial charge in [0.25, 0.3) is 0 Å². The Morgan fingerprint density at radius 2 is 2.04 bits per heavy atom. The highest BCUT2D eigenvalue weighted by molar-refractivity contribution is 5.48. The molecule has 2 heterocycles. The van der Waals surface area contributed by atoms with Gasteiger partial charge in [0, 0.05) is 43.3 Å². The molecule has 0 spiro atoms. The molecule has 0 atom stereocenters. The molecule has 0 bridgehead atoms. The predicted octanol–water partition coefficient (Wildman–Crippen LogP) is 3.53. The second kappa shape index (κ2) is 7.18. The van der Waals surface area contributed by atoms with Gasteiger partial charge in [0.2, 0.25) is 0 Å². The maximum Gasteiger partial charge on any atom is 0.122 e. The van der Waals surface area contributed by atoms with Crippen molar-refractivity contribution in [3.8, 4) is 0 Å². The molecule has 1 aliphatic heterocycles. The van der Waals surface area contributed by atoms with Crippen LogP contribution >= 0.6 is 0 Å². The maximum absolute atomic E-state index is 4.48. The number of anilines is 1. The number of benzene rings is 1. The summed E-state index contributed by atoms with van der Waals surface area (Å²) in [5.41, 5.74) is 2.70. The van der Waals surface area contributed by atoms with Crippen LogP contribution < -0.4 is 10.2 Å². The molecule has 4 nitrogen and oxygen atoms in total. The first-order valence-corrected chi connectivity index (χ1v) is 8.70. The summed E-state index contributed by atoms with van der Waals surface area (Å²) in [4.78, 5) is 6.98. The Bertz CT molecular complexity index is 624. The smallest absolute Gasteiger partial charge is 0.122 e. The predicted molar refractivity (Wildman–Crippen MR) is 95.9 cm³/mol. The van der Waals surface area contributed by atoms with Gasteiger partial charge in [-0.2, -0.15) is 0 Å². The van der Waals surface area contributed by atoms with Crippen molar-refractivity contribution in [3.63, 3.8) is 0 Å². The summed E-state index contributed by atoms with van der Waals surface area (Å²) in [6.45, 7) is 9.67. The van der Waals surface area contributed by atoms with Crippen molar-refractivity contribution in [1.29, 1.82) is 0 Å². The van der Waals surface area contributed by atoms with E-state index in [2.05, 4.69) is 71.0 Å². The highest BCUT2D eigenvalue weighted by Gasteiger charge is 2.19. The molecule has 3 rings (SSSR count). The number of piperidine rings is 1. The van der Waals surface area contributed by atoms with Crippen molar-refractivity contribution < 1.29 is 0 Å². The van der Waals surface area contributed by atoms with Crippen molar-refractivity contribution in [2.75, 3.05) is 18.0 Å². The average Bonchev–Trinajstić information content (AvgIpc) is 3.02. The molecule has 2 aromatic rings. The summed E-state index contributed by atoms with van der Waals surface area (Å²) in [6.07, 6.45) is 6.35. The quantitative estimate of drug-likeness (QED) is 0.917. The Kier molecular flexibility index (Phi) is 5.01. The van der Waals surface area contributed by atoms with Gasteiger partial charge in [-0.15, -0.1) is 0 Å². The standard InChI is InChI=1S/C19H28N4/c1-15(2)23-12-9-20-19(23)14-21-17-7-10-22(11-8-17)18-6-4-5-16(3)13-18/h4-6,9,12-13,15,17,21H,7-8,10-11,14H2,1-3H3. The van der Waals surface area contributed by atoms with Gasteiger partial charge in [-0.05, 0) is 51.3 Å². The number of hydrogen-bond acceptors (Lipinski definition) is 3. The number of nitrogens with zero attached hydrogens (tertiary/aromatic N) is 3. The molecule has 1 N–H and O–H groups in total. The molecule has 4 heteroatoms. The van der Waals surface area contributed by atoms with Gasteiger partial charge in [0.05, 0.1) is 6.54 Å². The zero-order valence-corrected chi connectivity index (χ0v) is 14.5. The highest BCUT2D eigenvalue weighted by Crippen LogP contribution is 2.21. The lowest BCUT2D eigenvalue weighted by atomic mass is 10.0. The molecular formula is C19H28N4. The second-order valence-corrected chi connectivity index (χ2v) is 6.83. The molecule has 0 radical (unpaired) electrons. The van der Waals surface area contributed by atoms with Crippen LogP contribution in [0.1, 0.15) is 44.1 Å². The number of aromatic nitrogens is 2. The molecule has 23 heavy (non-hydrogen) atoms. The first-order chi connectivity index (χ1) is 11.1. The van der Waals surface area contributed by atoms with Gasteiger partial charge in [-0.25, -0.2) is 4.98 Å². The van der Waals surface area contributed by atoms with Crippen LogP contribution in [0.4, 0.5) is 5.69 Å². The van der Waals surface area contributed by atoms with Crippen molar-refractivity contribution in [2.24, 2.45) is 0 Å². The van der Waals surface area contributed by atoms with E-state index >= 15 is 0 Å².